The van der Waals surface area contributed by atoms with Gasteiger partial charge in [-0.05, 0) is 31.4 Å². The van der Waals surface area contributed by atoms with E-state index in [0.29, 0.717) is 12.0 Å². The van der Waals surface area contributed by atoms with E-state index in [-0.39, 0.29) is 0 Å². The van der Waals surface area contributed by atoms with Gasteiger partial charge in [-0.25, -0.2) is 0 Å². The monoisotopic (exact) mass is 205 g/mol. The molecule has 0 saturated carbocycles. The summed E-state index contributed by atoms with van der Waals surface area (Å²) >= 11 is 0. The molecule has 2 heteroatoms. The summed E-state index contributed by atoms with van der Waals surface area (Å²) in [5.74, 6) is 3.77. The van der Waals surface area contributed by atoms with Crippen molar-refractivity contribution in [1.82, 2.24) is 5.32 Å². The van der Waals surface area contributed by atoms with Gasteiger partial charge in [-0.1, -0.05) is 13.8 Å². The van der Waals surface area contributed by atoms with Crippen LogP contribution in [0.5, 0.6) is 0 Å². The largest absolute Gasteiger partial charge is 0.465 e. The Hall–Kier alpha value is -0.760. The molecule has 2 atom stereocenters. The Morgan fingerprint density at radius 2 is 2.27 bits per heavy atom. The lowest BCUT2D eigenvalue weighted by molar-refractivity contribution is 0.357. The minimum Gasteiger partial charge on any atom is -0.465 e. The van der Waals surface area contributed by atoms with Gasteiger partial charge in [0.2, 0.25) is 0 Å². The molecule has 0 amide bonds. The van der Waals surface area contributed by atoms with E-state index < -0.39 is 0 Å². The Morgan fingerprint density at radius 3 is 3.07 bits per heavy atom. The van der Waals surface area contributed by atoms with Crippen molar-refractivity contribution >= 4 is 0 Å². The predicted molar refractivity (Wildman–Crippen MR) is 60.0 cm³/mol. The Morgan fingerprint density at radius 1 is 1.40 bits per heavy atom. The molecule has 1 aromatic heterocycles. The second kappa shape index (κ2) is 3.38. The fourth-order valence-corrected chi connectivity index (χ4v) is 2.96. The first kappa shape index (κ1) is 9.46. The van der Waals surface area contributed by atoms with Crippen LogP contribution < -0.4 is 5.32 Å². The van der Waals surface area contributed by atoms with Crippen molar-refractivity contribution in [2.24, 2.45) is 5.92 Å². The van der Waals surface area contributed by atoms with Crippen molar-refractivity contribution in [2.75, 3.05) is 6.54 Å². The molecule has 1 aliphatic heterocycles. The lowest BCUT2D eigenvalue weighted by Crippen LogP contribution is -2.22. The zero-order valence-corrected chi connectivity index (χ0v) is 9.55. The summed E-state index contributed by atoms with van der Waals surface area (Å²) in [6, 6.07) is 2.87. The van der Waals surface area contributed by atoms with E-state index >= 15 is 0 Å². The first-order valence-electron chi connectivity index (χ1n) is 6.11. The molecule has 0 radical (unpaired) electrons. The molecule has 2 aliphatic rings. The highest BCUT2D eigenvalue weighted by molar-refractivity contribution is 5.30. The average molecular weight is 205 g/mol. The molecule has 1 saturated heterocycles. The van der Waals surface area contributed by atoms with Crippen LogP contribution in [0, 0.1) is 5.92 Å². The molecule has 0 aromatic carbocycles. The van der Waals surface area contributed by atoms with Gasteiger partial charge in [0.1, 0.15) is 11.5 Å². The Kier molecular flexibility index (Phi) is 2.13. The van der Waals surface area contributed by atoms with Gasteiger partial charge in [-0.15, -0.1) is 0 Å². The second-order valence-corrected chi connectivity index (χ2v) is 5.20. The summed E-state index contributed by atoms with van der Waals surface area (Å²) in [5.41, 5.74) is 1.45. The Bertz CT molecular complexity index is 367. The number of furan rings is 1. The SMILES string of the molecule is CC(C)c1cc2c(o1)CCC1CCNC21. The molecule has 2 heterocycles. The van der Waals surface area contributed by atoms with Crippen LogP contribution in [0.4, 0.5) is 0 Å². The van der Waals surface area contributed by atoms with E-state index in [1.807, 2.05) is 0 Å². The molecule has 15 heavy (non-hydrogen) atoms. The summed E-state index contributed by atoms with van der Waals surface area (Å²) in [7, 11) is 0. The molecule has 1 aromatic rings. The maximum atomic E-state index is 5.94. The fourth-order valence-electron chi connectivity index (χ4n) is 2.96. The van der Waals surface area contributed by atoms with Gasteiger partial charge in [0.05, 0.1) is 0 Å². The standard InChI is InChI=1S/C13H19NO/c1-8(2)12-7-10-11(15-12)4-3-9-5-6-14-13(9)10/h7-9,13-14H,3-6H2,1-2H3. The van der Waals surface area contributed by atoms with Gasteiger partial charge < -0.3 is 9.73 Å². The molecule has 2 nitrogen and oxygen atoms in total. The van der Waals surface area contributed by atoms with Gasteiger partial charge in [0.25, 0.3) is 0 Å². The maximum Gasteiger partial charge on any atom is 0.108 e. The van der Waals surface area contributed by atoms with E-state index in [9.17, 15) is 0 Å². The third-order valence-electron chi connectivity index (χ3n) is 3.86. The van der Waals surface area contributed by atoms with Crippen LogP contribution in [0.1, 0.15) is 55.7 Å². The first-order valence-corrected chi connectivity index (χ1v) is 6.11. The van der Waals surface area contributed by atoms with E-state index in [4.69, 9.17) is 4.42 Å². The normalized spacial score (nSPS) is 29.3. The molecule has 1 aliphatic carbocycles. The van der Waals surface area contributed by atoms with Crippen molar-refractivity contribution in [2.45, 2.75) is 45.1 Å². The summed E-state index contributed by atoms with van der Waals surface area (Å²) in [6.45, 7) is 5.57. The summed E-state index contributed by atoms with van der Waals surface area (Å²) in [4.78, 5) is 0. The van der Waals surface area contributed by atoms with Crippen molar-refractivity contribution in [1.29, 1.82) is 0 Å². The van der Waals surface area contributed by atoms with Crippen LogP contribution in [0.15, 0.2) is 10.5 Å². The van der Waals surface area contributed by atoms with Crippen molar-refractivity contribution < 1.29 is 4.42 Å². The lowest BCUT2D eigenvalue weighted by Gasteiger charge is -2.24. The minimum atomic E-state index is 0.510. The average Bonchev–Trinajstić information content (AvgIpc) is 2.82. The van der Waals surface area contributed by atoms with Crippen LogP contribution in [0.2, 0.25) is 0 Å². The molecule has 1 N–H and O–H groups in total. The molecular weight excluding hydrogens is 186 g/mol. The quantitative estimate of drug-likeness (QED) is 0.762. The second-order valence-electron chi connectivity index (χ2n) is 5.20. The van der Waals surface area contributed by atoms with Crippen LogP contribution in [-0.2, 0) is 6.42 Å². The summed E-state index contributed by atoms with van der Waals surface area (Å²) in [6.07, 6.45) is 3.78. The van der Waals surface area contributed by atoms with Gasteiger partial charge in [0, 0.05) is 23.9 Å². The van der Waals surface area contributed by atoms with Gasteiger partial charge >= 0.3 is 0 Å². The Balaban J connectivity index is 1.99. The number of hydrogen-bond acceptors (Lipinski definition) is 2. The third kappa shape index (κ3) is 1.43. The van der Waals surface area contributed by atoms with E-state index in [2.05, 4.69) is 25.2 Å². The maximum absolute atomic E-state index is 5.94. The van der Waals surface area contributed by atoms with E-state index in [1.54, 1.807) is 0 Å². The Labute approximate surface area is 91.0 Å². The first-order chi connectivity index (χ1) is 7.25. The zero-order valence-electron chi connectivity index (χ0n) is 9.55. The highest BCUT2D eigenvalue weighted by Gasteiger charge is 2.35. The smallest absolute Gasteiger partial charge is 0.108 e. The van der Waals surface area contributed by atoms with Crippen LogP contribution in [-0.4, -0.2) is 6.54 Å². The molecule has 82 valence electrons. The van der Waals surface area contributed by atoms with Crippen LogP contribution in [0.3, 0.4) is 0 Å². The van der Waals surface area contributed by atoms with Crippen LogP contribution >= 0.6 is 0 Å². The number of hydrogen-bond donors (Lipinski definition) is 1. The summed E-state index contributed by atoms with van der Waals surface area (Å²) < 4.78 is 5.94. The van der Waals surface area contributed by atoms with Crippen molar-refractivity contribution in [3.8, 4) is 0 Å². The number of nitrogens with one attached hydrogen (secondary N) is 1. The number of aryl methyl sites for hydroxylation is 1. The highest BCUT2D eigenvalue weighted by Crippen LogP contribution is 2.41. The molecule has 0 spiro atoms. The van der Waals surface area contributed by atoms with Crippen molar-refractivity contribution in [3.05, 3.63) is 23.2 Å². The van der Waals surface area contributed by atoms with Gasteiger partial charge in [0.15, 0.2) is 0 Å². The molecule has 1 fully saturated rings. The van der Waals surface area contributed by atoms with Crippen LogP contribution in [0.25, 0.3) is 0 Å². The highest BCUT2D eigenvalue weighted by atomic mass is 16.3. The minimum absolute atomic E-state index is 0.510. The van der Waals surface area contributed by atoms with E-state index in [0.717, 1.165) is 18.1 Å². The van der Waals surface area contributed by atoms with E-state index in [1.165, 1.54) is 30.7 Å². The fraction of sp³-hybridized carbons (Fsp3) is 0.692. The van der Waals surface area contributed by atoms with Crippen molar-refractivity contribution in [3.63, 3.8) is 0 Å². The van der Waals surface area contributed by atoms with Gasteiger partial charge in [-0.3, -0.25) is 0 Å². The molecule has 0 bridgehead atoms. The lowest BCUT2D eigenvalue weighted by atomic mass is 9.84. The topological polar surface area (TPSA) is 25.2 Å². The summed E-state index contributed by atoms with van der Waals surface area (Å²) in [5, 5.41) is 3.61. The number of fused-ring (bicyclic) bond motifs is 3. The zero-order chi connectivity index (χ0) is 10.4. The predicted octanol–water partition coefficient (Wildman–Crippen LogP) is 3.00. The number of rotatable bonds is 1. The molecule has 3 rings (SSSR count). The third-order valence-corrected chi connectivity index (χ3v) is 3.86. The molecule has 2 unspecified atom stereocenters. The van der Waals surface area contributed by atoms with Gasteiger partial charge in [-0.2, -0.15) is 0 Å². The molecular formula is C13H19NO.